The molecule has 4 rings (SSSR count). The number of carbonyl (C=O) groups excluding carboxylic acids is 1. The fraction of sp³-hybridized carbons (Fsp3) is 0.619. The number of likely N-dealkylation sites (tertiary alicyclic amines) is 1. The highest BCUT2D eigenvalue weighted by Gasteiger charge is 2.47. The first-order chi connectivity index (χ1) is 12.4. The second kappa shape index (κ2) is 6.38. The highest BCUT2D eigenvalue weighted by atomic mass is 16.2. The molecular weight excluding hydrogens is 324 g/mol. The molecule has 2 N–H and O–H groups in total. The van der Waals surface area contributed by atoms with Crippen LogP contribution in [0.5, 0.6) is 0 Å². The smallest absolute Gasteiger partial charge is 0.225 e. The number of carbonyl (C=O) groups is 1. The van der Waals surface area contributed by atoms with Crippen molar-refractivity contribution in [3.63, 3.8) is 0 Å². The van der Waals surface area contributed by atoms with Crippen LogP contribution in [-0.4, -0.2) is 40.8 Å². The van der Waals surface area contributed by atoms with Gasteiger partial charge in [0.25, 0.3) is 0 Å². The van der Waals surface area contributed by atoms with Crippen LogP contribution in [0.1, 0.15) is 52.0 Å². The number of nitrogens with zero attached hydrogens (tertiary/aromatic N) is 2. The van der Waals surface area contributed by atoms with Gasteiger partial charge in [0.1, 0.15) is 5.84 Å². The summed E-state index contributed by atoms with van der Waals surface area (Å²) in [5.41, 5.74) is 1.89. The van der Waals surface area contributed by atoms with Gasteiger partial charge in [0, 0.05) is 31.2 Å². The van der Waals surface area contributed by atoms with Gasteiger partial charge in [0.05, 0.1) is 11.1 Å². The fourth-order valence-electron chi connectivity index (χ4n) is 4.11. The molecule has 1 aliphatic carbocycles. The van der Waals surface area contributed by atoms with E-state index in [2.05, 4.69) is 60.6 Å². The van der Waals surface area contributed by atoms with E-state index >= 15 is 0 Å². The Morgan fingerprint density at radius 3 is 2.73 bits per heavy atom. The maximum absolute atomic E-state index is 12.8. The van der Waals surface area contributed by atoms with Gasteiger partial charge in [-0.2, -0.15) is 0 Å². The fourth-order valence-corrected chi connectivity index (χ4v) is 4.11. The maximum atomic E-state index is 12.8. The van der Waals surface area contributed by atoms with Gasteiger partial charge < -0.3 is 10.2 Å². The summed E-state index contributed by atoms with van der Waals surface area (Å²) in [5.74, 6) is 1.56. The molecule has 26 heavy (non-hydrogen) atoms. The molecule has 3 aliphatic rings. The van der Waals surface area contributed by atoms with Gasteiger partial charge in [-0.25, -0.2) is 0 Å². The zero-order valence-corrected chi connectivity index (χ0v) is 16.1. The SMILES string of the molecule is CC(C)(C)N=C1Nc2ccccc2CN[C@@]12CCN(C(=O)C1CCC1)C2. The Bertz CT molecular complexity index is 732. The van der Waals surface area contributed by atoms with E-state index in [-0.39, 0.29) is 17.0 Å². The Morgan fingerprint density at radius 1 is 1.27 bits per heavy atom. The third-order valence-corrected chi connectivity index (χ3v) is 5.82. The van der Waals surface area contributed by atoms with Crippen LogP contribution in [0.25, 0.3) is 0 Å². The van der Waals surface area contributed by atoms with Gasteiger partial charge in [-0.05, 0) is 51.7 Å². The van der Waals surface area contributed by atoms with E-state index < -0.39 is 0 Å². The normalized spacial score (nSPS) is 27.8. The summed E-state index contributed by atoms with van der Waals surface area (Å²) in [6.45, 7) is 8.68. The topological polar surface area (TPSA) is 56.7 Å². The standard InChI is InChI=1S/C21H30N4O/c1-20(2,3)24-19-21(22-13-16-7-4-5-10-17(16)23-19)11-12-25(14-21)18(26)15-8-6-9-15/h4-5,7,10,15,22H,6,8-9,11-14H2,1-3H3,(H,23,24)/t21-/m1/s1. The summed E-state index contributed by atoms with van der Waals surface area (Å²) in [5, 5.41) is 7.37. The third kappa shape index (κ3) is 3.25. The van der Waals surface area contributed by atoms with E-state index in [9.17, 15) is 4.79 Å². The largest absolute Gasteiger partial charge is 0.342 e. The van der Waals surface area contributed by atoms with Crippen molar-refractivity contribution >= 4 is 17.4 Å². The summed E-state index contributed by atoms with van der Waals surface area (Å²) in [7, 11) is 0. The molecule has 5 nitrogen and oxygen atoms in total. The number of hydrogen-bond donors (Lipinski definition) is 2. The molecule has 1 amide bonds. The lowest BCUT2D eigenvalue weighted by Gasteiger charge is -2.34. The maximum Gasteiger partial charge on any atom is 0.225 e. The highest BCUT2D eigenvalue weighted by molar-refractivity contribution is 6.04. The highest BCUT2D eigenvalue weighted by Crippen LogP contribution is 2.34. The molecule has 1 saturated heterocycles. The zero-order chi connectivity index (χ0) is 18.4. The van der Waals surface area contributed by atoms with Gasteiger partial charge in [-0.3, -0.25) is 15.1 Å². The molecule has 1 aromatic rings. The van der Waals surface area contributed by atoms with E-state index in [1.807, 2.05) is 0 Å². The molecule has 0 radical (unpaired) electrons. The minimum Gasteiger partial charge on any atom is -0.342 e. The zero-order valence-electron chi connectivity index (χ0n) is 16.1. The van der Waals surface area contributed by atoms with Crippen molar-refractivity contribution in [3.8, 4) is 0 Å². The molecule has 1 aromatic carbocycles. The van der Waals surface area contributed by atoms with Crippen LogP contribution >= 0.6 is 0 Å². The number of nitrogens with one attached hydrogen (secondary N) is 2. The number of benzene rings is 1. The molecule has 2 fully saturated rings. The Labute approximate surface area is 156 Å². The van der Waals surface area contributed by atoms with Gasteiger partial charge in [0.15, 0.2) is 0 Å². The van der Waals surface area contributed by atoms with E-state index in [1.54, 1.807) is 0 Å². The lowest BCUT2D eigenvalue weighted by molar-refractivity contribution is -0.137. The average Bonchev–Trinajstić information content (AvgIpc) is 2.90. The van der Waals surface area contributed by atoms with Crippen LogP contribution in [-0.2, 0) is 11.3 Å². The predicted octanol–water partition coefficient (Wildman–Crippen LogP) is 3.17. The van der Waals surface area contributed by atoms with E-state index in [1.165, 1.54) is 12.0 Å². The van der Waals surface area contributed by atoms with Crippen molar-refractivity contribution in [2.24, 2.45) is 10.9 Å². The molecule has 140 valence electrons. The number of anilines is 1. The van der Waals surface area contributed by atoms with E-state index in [0.717, 1.165) is 43.9 Å². The Hall–Kier alpha value is -1.88. The van der Waals surface area contributed by atoms with Gasteiger partial charge in [-0.15, -0.1) is 0 Å². The van der Waals surface area contributed by atoms with E-state index in [4.69, 9.17) is 4.99 Å². The summed E-state index contributed by atoms with van der Waals surface area (Å²) in [6.07, 6.45) is 4.22. The minimum atomic E-state index is -0.286. The van der Waals surface area contributed by atoms with Crippen molar-refractivity contribution < 1.29 is 4.79 Å². The molecule has 1 atom stereocenters. The van der Waals surface area contributed by atoms with Crippen LogP contribution < -0.4 is 10.6 Å². The summed E-state index contributed by atoms with van der Waals surface area (Å²) in [4.78, 5) is 19.9. The van der Waals surface area contributed by atoms with Crippen molar-refractivity contribution in [2.45, 2.75) is 64.1 Å². The molecule has 2 aliphatic heterocycles. The molecular formula is C21H30N4O. The minimum absolute atomic E-state index is 0.179. The number of amides is 1. The lowest BCUT2D eigenvalue weighted by Crippen LogP contribution is -2.56. The first kappa shape index (κ1) is 17.5. The number of hydrogen-bond acceptors (Lipinski definition) is 3. The van der Waals surface area contributed by atoms with Crippen LogP contribution in [0.4, 0.5) is 5.69 Å². The molecule has 0 aromatic heterocycles. The third-order valence-electron chi connectivity index (χ3n) is 5.82. The molecule has 0 bridgehead atoms. The second-order valence-corrected chi connectivity index (χ2v) is 8.99. The van der Waals surface area contributed by atoms with Crippen LogP contribution in [0, 0.1) is 5.92 Å². The van der Waals surface area contributed by atoms with Crippen LogP contribution in [0.3, 0.4) is 0 Å². The van der Waals surface area contributed by atoms with Gasteiger partial charge in [-0.1, -0.05) is 24.6 Å². The first-order valence-electron chi connectivity index (χ1n) is 9.85. The lowest BCUT2D eigenvalue weighted by atomic mass is 9.84. The number of amidine groups is 1. The molecule has 1 saturated carbocycles. The van der Waals surface area contributed by atoms with Gasteiger partial charge in [0.2, 0.25) is 5.91 Å². The molecule has 1 spiro atoms. The molecule has 0 unspecified atom stereocenters. The van der Waals surface area contributed by atoms with Gasteiger partial charge >= 0.3 is 0 Å². The summed E-state index contributed by atoms with van der Waals surface area (Å²) >= 11 is 0. The number of aliphatic imine (C=N–C) groups is 1. The summed E-state index contributed by atoms with van der Waals surface area (Å²) < 4.78 is 0. The second-order valence-electron chi connectivity index (χ2n) is 8.99. The number of rotatable bonds is 1. The van der Waals surface area contributed by atoms with Crippen LogP contribution in [0.2, 0.25) is 0 Å². The molecule has 5 heteroatoms. The quantitative estimate of drug-likeness (QED) is 0.814. The van der Waals surface area contributed by atoms with Crippen molar-refractivity contribution in [1.82, 2.24) is 10.2 Å². The number of para-hydroxylation sites is 1. The van der Waals surface area contributed by atoms with E-state index in [0.29, 0.717) is 12.5 Å². The molecule has 2 heterocycles. The Balaban J connectivity index is 1.65. The predicted molar refractivity (Wildman–Crippen MR) is 105 cm³/mol. The van der Waals surface area contributed by atoms with Crippen LogP contribution in [0.15, 0.2) is 29.3 Å². The first-order valence-corrected chi connectivity index (χ1v) is 9.85. The Morgan fingerprint density at radius 2 is 2.04 bits per heavy atom. The van der Waals surface area contributed by atoms with Crippen molar-refractivity contribution in [1.29, 1.82) is 0 Å². The Kier molecular flexibility index (Phi) is 4.30. The summed E-state index contributed by atoms with van der Waals surface area (Å²) in [6, 6.07) is 8.39. The monoisotopic (exact) mass is 354 g/mol. The van der Waals surface area contributed by atoms with Crippen molar-refractivity contribution in [3.05, 3.63) is 29.8 Å². The van der Waals surface area contributed by atoms with Crippen molar-refractivity contribution in [2.75, 3.05) is 18.4 Å². The number of fused-ring (bicyclic) bond motifs is 1. The average molecular weight is 354 g/mol.